The second kappa shape index (κ2) is 10.1. The first-order valence-corrected chi connectivity index (χ1v) is 6.99. The van der Waals surface area contributed by atoms with Gasteiger partial charge in [0.1, 0.15) is 0 Å². The summed E-state index contributed by atoms with van der Waals surface area (Å²) < 4.78 is 0. The molecule has 0 aliphatic heterocycles. The number of halogens is 3. The minimum absolute atomic E-state index is 0. The van der Waals surface area contributed by atoms with Crippen LogP contribution in [0, 0.1) is 0 Å². The van der Waals surface area contributed by atoms with Gasteiger partial charge in [-0.05, 0) is 11.6 Å². The minimum atomic E-state index is 0. The van der Waals surface area contributed by atoms with E-state index in [1.807, 2.05) is 30.0 Å². The van der Waals surface area contributed by atoms with Gasteiger partial charge in [0.25, 0.3) is 0 Å². The molecule has 0 saturated heterocycles. The fourth-order valence-electron chi connectivity index (χ4n) is 1.22. The Morgan fingerprint density at radius 1 is 1.35 bits per heavy atom. The average molecular weight is 313 g/mol. The summed E-state index contributed by atoms with van der Waals surface area (Å²) in [5.41, 5.74) is 1.04. The van der Waals surface area contributed by atoms with Crippen molar-refractivity contribution < 1.29 is 0 Å². The van der Waals surface area contributed by atoms with E-state index in [9.17, 15) is 0 Å². The number of hydrogen-bond acceptors (Lipinski definition) is 2. The third kappa shape index (κ3) is 6.58. The monoisotopic (exact) mass is 311 g/mol. The number of hydrogen-bond donors (Lipinski definition) is 1. The lowest BCUT2D eigenvalue weighted by molar-refractivity contribution is 0.732. The molecule has 0 heterocycles. The molecule has 1 aromatic rings. The Bertz CT molecular complexity index is 345. The third-order valence-electron chi connectivity index (χ3n) is 2.01. The van der Waals surface area contributed by atoms with E-state index in [1.54, 1.807) is 6.07 Å². The lowest BCUT2D eigenvalue weighted by atomic mass is 10.2. The fraction of sp³-hybridized carbons (Fsp3) is 0.333. The second-order valence-electron chi connectivity index (χ2n) is 3.25. The van der Waals surface area contributed by atoms with E-state index >= 15 is 0 Å². The summed E-state index contributed by atoms with van der Waals surface area (Å²) in [7, 11) is 0. The Labute approximate surface area is 123 Å². The minimum Gasteiger partial charge on any atom is -0.312 e. The van der Waals surface area contributed by atoms with Crippen molar-refractivity contribution in [1.29, 1.82) is 0 Å². The molecule has 1 nitrogen and oxygen atoms in total. The van der Waals surface area contributed by atoms with E-state index in [2.05, 4.69) is 11.9 Å². The molecule has 1 N–H and O–H groups in total. The average Bonchev–Trinajstić information content (AvgIpc) is 2.29. The molecular weight excluding hydrogens is 297 g/mol. The van der Waals surface area contributed by atoms with Crippen LogP contribution < -0.4 is 5.32 Å². The maximum atomic E-state index is 6.07. The molecule has 0 aliphatic carbocycles. The zero-order chi connectivity index (χ0) is 11.8. The first kappa shape index (κ1) is 17.1. The highest BCUT2D eigenvalue weighted by molar-refractivity contribution is 7.99. The number of thioether (sulfide) groups is 1. The van der Waals surface area contributed by atoms with Crippen LogP contribution in [0.2, 0.25) is 10.0 Å². The molecule has 0 aliphatic rings. The summed E-state index contributed by atoms with van der Waals surface area (Å²) in [5, 5.41) is 4.59. The molecule has 0 atom stereocenters. The largest absolute Gasteiger partial charge is 0.312 e. The lowest BCUT2D eigenvalue weighted by Gasteiger charge is -2.07. The summed E-state index contributed by atoms with van der Waals surface area (Å²) in [6.07, 6.45) is 1.92. The standard InChI is InChI=1S/C12H15Cl2NS.ClH/c1-2-7-16-8-6-15-9-10-4-3-5-11(13)12(10)14;/h2-5,15H,1,6-9H2;1H. The highest BCUT2D eigenvalue weighted by Crippen LogP contribution is 2.25. The second-order valence-corrected chi connectivity index (χ2v) is 5.19. The van der Waals surface area contributed by atoms with Gasteiger partial charge in [-0.25, -0.2) is 0 Å². The van der Waals surface area contributed by atoms with E-state index in [-0.39, 0.29) is 12.4 Å². The van der Waals surface area contributed by atoms with Crippen molar-refractivity contribution in [2.24, 2.45) is 0 Å². The highest BCUT2D eigenvalue weighted by atomic mass is 35.5. The van der Waals surface area contributed by atoms with Crippen LogP contribution in [-0.4, -0.2) is 18.1 Å². The predicted octanol–water partition coefficient (Wildman–Crippen LogP) is 4.42. The molecule has 1 aromatic carbocycles. The van der Waals surface area contributed by atoms with Gasteiger partial charge in [0, 0.05) is 24.6 Å². The van der Waals surface area contributed by atoms with Crippen LogP contribution in [0.4, 0.5) is 0 Å². The zero-order valence-electron chi connectivity index (χ0n) is 9.42. The van der Waals surface area contributed by atoms with Crippen molar-refractivity contribution in [3.05, 3.63) is 46.5 Å². The molecule has 17 heavy (non-hydrogen) atoms. The third-order valence-corrected chi connectivity index (χ3v) is 3.83. The number of benzene rings is 1. The topological polar surface area (TPSA) is 12.0 Å². The molecule has 0 saturated carbocycles. The van der Waals surface area contributed by atoms with Crippen LogP contribution in [0.1, 0.15) is 5.56 Å². The molecule has 96 valence electrons. The van der Waals surface area contributed by atoms with Crippen molar-refractivity contribution in [1.82, 2.24) is 5.32 Å². The summed E-state index contributed by atoms with van der Waals surface area (Å²) in [5.74, 6) is 2.07. The first-order chi connectivity index (χ1) is 7.75. The van der Waals surface area contributed by atoms with Gasteiger partial charge in [-0.1, -0.05) is 41.4 Å². The van der Waals surface area contributed by atoms with E-state index < -0.39 is 0 Å². The van der Waals surface area contributed by atoms with Crippen LogP contribution in [0.15, 0.2) is 30.9 Å². The van der Waals surface area contributed by atoms with Crippen molar-refractivity contribution in [3.8, 4) is 0 Å². The van der Waals surface area contributed by atoms with Gasteiger partial charge in [0.05, 0.1) is 10.0 Å². The van der Waals surface area contributed by atoms with Crippen LogP contribution in [0.5, 0.6) is 0 Å². The smallest absolute Gasteiger partial charge is 0.0637 e. The number of nitrogens with one attached hydrogen (secondary N) is 1. The van der Waals surface area contributed by atoms with Crippen molar-refractivity contribution in [3.63, 3.8) is 0 Å². The van der Waals surface area contributed by atoms with E-state index in [0.717, 1.165) is 30.2 Å². The molecule has 0 bridgehead atoms. The zero-order valence-corrected chi connectivity index (χ0v) is 12.6. The van der Waals surface area contributed by atoms with Crippen molar-refractivity contribution in [2.45, 2.75) is 6.54 Å². The Balaban J connectivity index is 0.00000256. The van der Waals surface area contributed by atoms with Gasteiger partial charge in [-0.15, -0.1) is 19.0 Å². The normalized spacial score (nSPS) is 9.76. The Morgan fingerprint density at radius 3 is 2.82 bits per heavy atom. The molecule has 0 amide bonds. The summed E-state index contributed by atoms with van der Waals surface area (Å²) in [6, 6.07) is 5.70. The molecule has 0 fully saturated rings. The first-order valence-electron chi connectivity index (χ1n) is 5.08. The van der Waals surface area contributed by atoms with Gasteiger partial charge in [0.15, 0.2) is 0 Å². The molecule has 0 spiro atoms. The Kier molecular flexibility index (Phi) is 10.2. The van der Waals surface area contributed by atoms with Gasteiger partial charge < -0.3 is 5.32 Å². The van der Waals surface area contributed by atoms with Crippen molar-refractivity contribution in [2.75, 3.05) is 18.1 Å². The van der Waals surface area contributed by atoms with E-state index in [0.29, 0.717) is 10.0 Å². The van der Waals surface area contributed by atoms with Gasteiger partial charge in [-0.2, -0.15) is 11.8 Å². The van der Waals surface area contributed by atoms with Crippen molar-refractivity contribution >= 4 is 47.4 Å². The van der Waals surface area contributed by atoms with E-state index in [1.165, 1.54) is 0 Å². The summed E-state index contributed by atoms with van der Waals surface area (Å²) >= 11 is 13.8. The van der Waals surface area contributed by atoms with Crippen LogP contribution in [0.3, 0.4) is 0 Å². The molecule has 0 aromatic heterocycles. The van der Waals surface area contributed by atoms with Gasteiger partial charge in [0.2, 0.25) is 0 Å². The predicted molar refractivity (Wildman–Crippen MR) is 82.9 cm³/mol. The summed E-state index contributed by atoms with van der Waals surface area (Å²) in [4.78, 5) is 0. The molecular formula is C12H16Cl3NS. The maximum absolute atomic E-state index is 6.07. The lowest BCUT2D eigenvalue weighted by Crippen LogP contribution is -2.16. The molecule has 1 rings (SSSR count). The molecule has 0 radical (unpaired) electrons. The fourth-order valence-corrected chi connectivity index (χ4v) is 2.23. The van der Waals surface area contributed by atoms with Crippen LogP contribution in [-0.2, 0) is 6.54 Å². The van der Waals surface area contributed by atoms with E-state index in [4.69, 9.17) is 23.2 Å². The van der Waals surface area contributed by atoms with Gasteiger partial charge in [-0.3, -0.25) is 0 Å². The maximum Gasteiger partial charge on any atom is 0.0637 e. The molecule has 5 heteroatoms. The summed E-state index contributed by atoms with van der Waals surface area (Å²) in [6.45, 7) is 5.39. The van der Waals surface area contributed by atoms with Crippen LogP contribution in [0.25, 0.3) is 0 Å². The SMILES string of the molecule is C=CCSCCNCc1cccc(Cl)c1Cl.Cl. The number of rotatable bonds is 7. The van der Waals surface area contributed by atoms with Crippen LogP contribution >= 0.6 is 47.4 Å². The molecule has 0 unspecified atom stereocenters. The highest BCUT2D eigenvalue weighted by Gasteiger charge is 2.02. The quantitative estimate of drug-likeness (QED) is 0.590. The Hall–Kier alpha value is 0.140. The Morgan fingerprint density at radius 2 is 2.12 bits per heavy atom. The van der Waals surface area contributed by atoms with Gasteiger partial charge >= 0.3 is 0 Å².